The van der Waals surface area contributed by atoms with Gasteiger partial charge in [0, 0.05) is 5.69 Å². The number of rotatable bonds is 2. The molecule has 0 amide bonds. The molecule has 0 aromatic heterocycles. The third kappa shape index (κ3) is 0.904. The van der Waals surface area contributed by atoms with E-state index < -0.39 is 35.6 Å². The topological polar surface area (TPSA) is 46.2 Å². The molecule has 0 radical (unpaired) electrons. The molecule has 1 aromatic rings. The van der Waals surface area contributed by atoms with Crippen LogP contribution in [0.2, 0.25) is 2.82 Å². The molecule has 42 valence electrons. The highest BCUT2D eigenvalue weighted by atomic mass is 16.3. The maximum absolute atomic E-state index is 7.37. The lowest BCUT2D eigenvalue weighted by Crippen LogP contribution is -1.80. The van der Waals surface area contributed by atoms with Crippen LogP contribution in [-0.2, 0) is 0 Å². The molecular formula is C6H7NO. The number of benzene rings is 1. The summed E-state index contributed by atoms with van der Waals surface area (Å²) < 4.78 is 49.9. The largest absolute Gasteiger partial charge is 0.508 e. The molecule has 0 saturated heterocycles. The predicted molar refractivity (Wildman–Crippen MR) is 32.5 cm³/mol. The Labute approximate surface area is 57.6 Å². The Balaban J connectivity index is 3.59. The number of hydrogen-bond donors (Lipinski definition) is 2. The van der Waals surface area contributed by atoms with Crippen LogP contribution in [-0.4, -0.2) is 6.54 Å². The maximum Gasteiger partial charge on any atom is 0.293 e. The summed E-state index contributed by atoms with van der Waals surface area (Å²) in [5.74, 6) is -0.518. The Morgan fingerprint density at radius 3 is 2.88 bits per heavy atom. The van der Waals surface area contributed by atoms with Crippen molar-refractivity contribution in [1.29, 1.82) is 1.43 Å². The van der Waals surface area contributed by atoms with Crippen LogP contribution >= 0.6 is 0 Å². The zero-order valence-corrected chi connectivity index (χ0v) is 3.86. The maximum atomic E-state index is 7.37. The molecule has 0 unspecified atom stereocenters. The first-order valence-electron chi connectivity index (χ1n) is 5.23. The summed E-state index contributed by atoms with van der Waals surface area (Å²) in [4.78, 5) is 0. The van der Waals surface area contributed by atoms with E-state index in [1.54, 1.807) is 0 Å². The van der Waals surface area contributed by atoms with E-state index in [4.69, 9.17) is 9.74 Å². The molecule has 0 spiro atoms. The van der Waals surface area contributed by atoms with Crippen molar-refractivity contribution in [2.45, 2.75) is 0 Å². The second-order valence-electron chi connectivity index (χ2n) is 1.18. The minimum absolute atomic E-state index is 0.00548. The molecule has 0 aliphatic carbocycles. The van der Waals surface area contributed by atoms with E-state index in [1.165, 1.54) is 0 Å². The van der Waals surface area contributed by atoms with E-state index in [0.29, 0.717) is 0 Å². The van der Waals surface area contributed by atoms with Crippen LogP contribution in [0.15, 0.2) is 24.2 Å². The Hall–Kier alpha value is -1.18. The monoisotopic (exact) mass is 116 g/mol. The molecule has 2 nitrogen and oxygen atoms in total. The fraction of sp³-hybridized carbons (Fsp3) is 0. The third-order valence-electron chi connectivity index (χ3n) is 0.589. The van der Waals surface area contributed by atoms with Gasteiger partial charge in [-0.05, 0) is 24.2 Å². The zero-order valence-electron chi connectivity index (χ0n) is 10.9. The van der Waals surface area contributed by atoms with Crippen molar-refractivity contribution in [3.8, 4) is 5.75 Å². The Bertz CT molecular complexity index is 365. The average Bonchev–Trinajstić information content (AvgIpc) is 2.16. The summed E-state index contributed by atoms with van der Waals surface area (Å²) >= 11 is 0. The van der Waals surface area contributed by atoms with Crippen molar-refractivity contribution < 1.29 is 13.4 Å². The molecule has 3 N–H and O–H groups in total. The van der Waals surface area contributed by atoms with Gasteiger partial charge in [-0.1, -0.05) is 0 Å². The van der Waals surface area contributed by atoms with Crippen molar-refractivity contribution in [2.24, 2.45) is 0 Å². The van der Waals surface area contributed by atoms with Gasteiger partial charge < -0.3 is 10.8 Å². The van der Waals surface area contributed by atoms with Crippen molar-refractivity contribution in [2.75, 3.05) is 5.72 Å². The summed E-state index contributed by atoms with van der Waals surface area (Å²) in [7, 11) is 0. The van der Waals surface area contributed by atoms with Crippen LogP contribution in [0.4, 0.5) is 5.69 Å². The van der Waals surface area contributed by atoms with Gasteiger partial charge in [0.15, 0.2) is 2.82 Å². The first kappa shape index (κ1) is 1.21. The number of nitrogens with two attached hydrogens (primary N) is 1. The highest BCUT2D eigenvalue weighted by Gasteiger charge is 1.82. The number of anilines is 1. The van der Waals surface area contributed by atoms with Crippen LogP contribution in [0.3, 0.4) is 0 Å². The van der Waals surface area contributed by atoms with Gasteiger partial charge in [-0.15, -0.1) is 0 Å². The molecule has 1 aromatic carbocycles. The van der Waals surface area contributed by atoms with Crippen molar-refractivity contribution in [1.82, 2.24) is 0 Å². The average molecular weight is 116 g/mol. The minimum Gasteiger partial charge on any atom is -0.508 e. The van der Waals surface area contributed by atoms with E-state index in [0.717, 1.165) is 0 Å². The number of aromatic hydroxyl groups is 1. The van der Waals surface area contributed by atoms with E-state index in [1.807, 2.05) is 0 Å². The van der Waals surface area contributed by atoms with Gasteiger partial charge >= 0.3 is 0 Å². The predicted octanol–water partition coefficient (Wildman–Crippen LogP) is 0.974. The van der Waals surface area contributed by atoms with Gasteiger partial charge in [0.25, 0.3) is 1.43 Å². The van der Waals surface area contributed by atoms with Gasteiger partial charge in [-0.2, -0.15) is 0 Å². The number of phenolic OH excluding ortho intramolecular Hbond substituents is 1. The quantitative estimate of drug-likeness (QED) is 0.447. The van der Waals surface area contributed by atoms with Crippen LogP contribution in [0.25, 0.3) is 0 Å². The number of phenols is 1. The van der Waals surface area contributed by atoms with E-state index >= 15 is 0 Å². The van der Waals surface area contributed by atoms with Crippen LogP contribution in [0.1, 0.15) is 5.48 Å². The summed E-state index contributed by atoms with van der Waals surface area (Å²) in [5.41, 5.74) is -0.486. The molecule has 0 heterocycles. The molecule has 0 fully saturated rings. The molecule has 0 aliphatic heterocycles. The molecule has 2 heteroatoms. The first-order valence-corrected chi connectivity index (χ1v) is 1.93. The Morgan fingerprint density at radius 2 is 2.38 bits per heavy atom. The highest BCUT2D eigenvalue weighted by molar-refractivity contribution is 5.40. The summed E-state index contributed by atoms with van der Waals surface area (Å²) in [5, 5.41) is 3.97. The fourth-order valence-corrected chi connectivity index (χ4v) is 0.294. The Kier molecular flexibility index (Phi) is 0.263. The van der Waals surface area contributed by atoms with Gasteiger partial charge in [-0.25, -0.2) is 0 Å². The SMILES string of the molecule is [2H]Oc1c([2H])c([2H])c(N([2H])[2H])c([2H])c1[2H]. The van der Waals surface area contributed by atoms with Gasteiger partial charge in [0.1, 0.15) is 5.75 Å². The van der Waals surface area contributed by atoms with Crippen molar-refractivity contribution in [3.63, 3.8) is 0 Å². The summed E-state index contributed by atoms with van der Waals surface area (Å²) in [6.07, 6.45) is 0. The van der Waals surface area contributed by atoms with Gasteiger partial charge in [-0.3, -0.25) is 0 Å². The normalized spacial score (nSPS) is 20.2. The fourth-order valence-electron chi connectivity index (χ4n) is 0.294. The number of hydrogen-bond acceptors (Lipinski definition) is 2. The van der Waals surface area contributed by atoms with Crippen LogP contribution < -0.4 is 5.72 Å². The minimum atomic E-state index is -0.580. The third-order valence-corrected chi connectivity index (χ3v) is 0.589. The van der Waals surface area contributed by atoms with E-state index in [9.17, 15) is 0 Å². The van der Waals surface area contributed by atoms with Crippen molar-refractivity contribution in [3.05, 3.63) is 24.2 Å². The molecule has 1 rings (SSSR count). The van der Waals surface area contributed by atoms with Gasteiger partial charge in [0.2, 0.25) is 0 Å². The molecule has 0 aliphatic rings. The summed E-state index contributed by atoms with van der Waals surface area (Å²) in [6, 6.07) is -2.32. The van der Waals surface area contributed by atoms with Crippen LogP contribution in [0, 0.1) is 0 Å². The van der Waals surface area contributed by atoms with Crippen LogP contribution in [0.5, 0.6) is 5.75 Å². The molecule has 0 bridgehead atoms. The lowest BCUT2D eigenvalue weighted by Gasteiger charge is -1.89. The molecule has 0 atom stereocenters. The standard InChI is InChI=1S/C6H7NO/c7-5-1-3-6(8)4-2-5/h1-4,8H,7H2/i1D,2D,3D,4D/hD3. The molecule has 8 heavy (non-hydrogen) atoms. The van der Waals surface area contributed by atoms with E-state index in [-0.39, 0.29) is 5.72 Å². The summed E-state index contributed by atoms with van der Waals surface area (Å²) in [6.45, 7) is 0. The second-order valence-corrected chi connectivity index (χ2v) is 1.18. The smallest absolute Gasteiger partial charge is 0.293 e. The van der Waals surface area contributed by atoms with Crippen molar-refractivity contribution >= 4 is 5.69 Å². The lowest BCUT2D eigenvalue weighted by molar-refractivity contribution is 0.475. The number of nitrogen functional groups attached to an aromatic ring is 1. The molecule has 0 saturated carbocycles. The second kappa shape index (κ2) is 1.74. The van der Waals surface area contributed by atoms with Gasteiger partial charge in [0.05, 0.1) is 5.48 Å². The zero-order chi connectivity index (χ0) is 11.7. The lowest BCUT2D eigenvalue weighted by atomic mass is 10.3. The first-order chi connectivity index (χ1) is 6.91. The van der Waals surface area contributed by atoms with E-state index in [2.05, 4.69) is 5.11 Å². The Morgan fingerprint density at radius 1 is 1.62 bits per heavy atom. The highest BCUT2D eigenvalue weighted by Crippen LogP contribution is 2.09. The molecular weight excluding hydrogens is 102 g/mol.